The number of methoxy groups -OCH3 is 1. The Bertz CT molecular complexity index is 883. The molecule has 5 nitrogen and oxygen atoms in total. The highest BCUT2D eigenvalue weighted by atomic mass is 16.5. The Morgan fingerprint density at radius 2 is 1.81 bits per heavy atom. The fourth-order valence-corrected chi connectivity index (χ4v) is 2.96. The monoisotopic (exact) mass is 348 g/mol. The van der Waals surface area contributed by atoms with Gasteiger partial charge >= 0.3 is 0 Å². The van der Waals surface area contributed by atoms with Crippen molar-refractivity contribution < 1.29 is 14.1 Å². The van der Waals surface area contributed by atoms with E-state index in [0.29, 0.717) is 11.6 Å². The number of benzene rings is 2. The molecule has 1 atom stereocenters. The second kappa shape index (κ2) is 7.04. The number of nitrogens with one attached hydrogen (secondary N) is 1. The van der Waals surface area contributed by atoms with Crippen molar-refractivity contribution in [2.45, 2.75) is 24.8 Å². The summed E-state index contributed by atoms with van der Waals surface area (Å²) >= 11 is 0. The highest BCUT2D eigenvalue weighted by molar-refractivity contribution is 5.92. The predicted octanol–water partition coefficient (Wildman–Crippen LogP) is 4.08. The summed E-state index contributed by atoms with van der Waals surface area (Å²) in [5.74, 6) is 1.76. The van der Waals surface area contributed by atoms with Gasteiger partial charge in [-0.25, -0.2) is 0 Å². The van der Waals surface area contributed by atoms with Gasteiger partial charge in [-0.05, 0) is 36.1 Å². The van der Waals surface area contributed by atoms with Gasteiger partial charge in [-0.15, -0.1) is 0 Å². The van der Waals surface area contributed by atoms with Gasteiger partial charge in [-0.1, -0.05) is 47.6 Å². The lowest BCUT2D eigenvalue weighted by molar-refractivity contribution is 0.0933. The van der Waals surface area contributed by atoms with Crippen molar-refractivity contribution in [2.75, 3.05) is 7.11 Å². The van der Waals surface area contributed by atoms with Crippen molar-refractivity contribution >= 4 is 5.91 Å². The minimum atomic E-state index is -0.282. The Balaban J connectivity index is 1.60. The maximum atomic E-state index is 12.7. The zero-order valence-corrected chi connectivity index (χ0v) is 14.5. The molecule has 3 aromatic rings. The van der Waals surface area contributed by atoms with Crippen LogP contribution in [0.5, 0.6) is 5.75 Å². The van der Waals surface area contributed by atoms with Gasteiger partial charge in [0.05, 0.1) is 13.2 Å². The van der Waals surface area contributed by atoms with Crippen LogP contribution in [0.1, 0.15) is 52.2 Å². The first-order valence-corrected chi connectivity index (χ1v) is 8.71. The van der Waals surface area contributed by atoms with Crippen LogP contribution < -0.4 is 10.1 Å². The van der Waals surface area contributed by atoms with Crippen LogP contribution in [0.4, 0.5) is 0 Å². The molecule has 2 aromatic carbocycles. The summed E-state index contributed by atoms with van der Waals surface area (Å²) in [4.78, 5) is 12.7. The van der Waals surface area contributed by atoms with Gasteiger partial charge in [0.15, 0.2) is 5.69 Å². The molecule has 1 heterocycles. The lowest BCUT2D eigenvalue weighted by atomic mass is 9.98. The number of ether oxygens (including phenoxy) is 1. The SMILES string of the molecule is COc1ccc(C(NC(=O)c2cc(C3CC3)on2)c2ccccc2)cc1. The van der Waals surface area contributed by atoms with Gasteiger partial charge in [-0.2, -0.15) is 0 Å². The van der Waals surface area contributed by atoms with Gasteiger partial charge in [0.2, 0.25) is 0 Å². The van der Waals surface area contributed by atoms with Crippen molar-refractivity contribution in [3.63, 3.8) is 0 Å². The number of nitrogens with zero attached hydrogens (tertiary/aromatic N) is 1. The predicted molar refractivity (Wildman–Crippen MR) is 97.2 cm³/mol. The molecule has 1 N–H and O–H groups in total. The average molecular weight is 348 g/mol. The fraction of sp³-hybridized carbons (Fsp3) is 0.238. The molecule has 0 aliphatic heterocycles. The van der Waals surface area contributed by atoms with E-state index in [-0.39, 0.29) is 11.9 Å². The molecular formula is C21H20N2O3. The lowest BCUT2D eigenvalue weighted by Crippen LogP contribution is -2.29. The van der Waals surface area contributed by atoms with Crippen LogP contribution in [0.2, 0.25) is 0 Å². The second-order valence-corrected chi connectivity index (χ2v) is 6.48. The molecule has 0 bridgehead atoms. The number of aromatic nitrogens is 1. The minimum Gasteiger partial charge on any atom is -0.497 e. The highest BCUT2D eigenvalue weighted by Crippen LogP contribution is 2.40. The molecule has 1 aliphatic carbocycles. The summed E-state index contributed by atoms with van der Waals surface area (Å²) in [6.45, 7) is 0. The molecule has 0 radical (unpaired) electrons. The third-order valence-corrected chi connectivity index (χ3v) is 4.60. The Labute approximate surface area is 152 Å². The maximum Gasteiger partial charge on any atom is 0.274 e. The maximum absolute atomic E-state index is 12.7. The number of hydrogen-bond acceptors (Lipinski definition) is 4. The van der Waals surface area contributed by atoms with Crippen molar-refractivity contribution in [1.82, 2.24) is 10.5 Å². The van der Waals surface area contributed by atoms with Crippen LogP contribution in [-0.2, 0) is 0 Å². The Hall–Kier alpha value is -3.08. The topological polar surface area (TPSA) is 64.4 Å². The smallest absolute Gasteiger partial charge is 0.274 e. The van der Waals surface area contributed by atoms with E-state index in [1.807, 2.05) is 54.6 Å². The Kier molecular flexibility index (Phi) is 4.44. The first-order chi connectivity index (χ1) is 12.7. The summed E-state index contributed by atoms with van der Waals surface area (Å²) in [6.07, 6.45) is 2.21. The van der Waals surface area contributed by atoms with E-state index in [1.165, 1.54) is 0 Å². The molecule has 4 rings (SSSR count). The minimum absolute atomic E-state index is 0.245. The van der Waals surface area contributed by atoms with Crippen LogP contribution in [0, 0.1) is 0 Å². The van der Waals surface area contributed by atoms with Gasteiger partial charge in [-0.3, -0.25) is 4.79 Å². The first-order valence-electron chi connectivity index (χ1n) is 8.71. The molecular weight excluding hydrogens is 328 g/mol. The number of carbonyl (C=O) groups excluding carboxylic acids is 1. The molecule has 0 spiro atoms. The van der Waals surface area contributed by atoms with E-state index in [9.17, 15) is 4.79 Å². The van der Waals surface area contributed by atoms with Crippen molar-refractivity contribution in [1.29, 1.82) is 0 Å². The molecule has 132 valence electrons. The third kappa shape index (κ3) is 3.47. The summed E-state index contributed by atoms with van der Waals surface area (Å²) in [5.41, 5.74) is 2.29. The van der Waals surface area contributed by atoms with Gasteiger partial charge < -0.3 is 14.6 Å². The molecule has 0 saturated heterocycles. The quantitative estimate of drug-likeness (QED) is 0.729. The lowest BCUT2D eigenvalue weighted by Gasteiger charge is -2.19. The van der Waals surface area contributed by atoms with Gasteiger partial charge in [0.1, 0.15) is 11.5 Å². The molecule has 1 aliphatic rings. The Morgan fingerprint density at radius 1 is 1.12 bits per heavy atom. The molecule has 1 saturated carbocycles. The normalized spacial score (nSPS) is 14.7. The molecule has 1 aromatic heterocycles. The Morgan fingerprint density at radius 3 is 2.46 bits per heavy atom. The zero-order valence-electron chi connectivity index (χ0n) is 14.5. The number of rotatable bonds is 6. The fourth-order valence-electron chi connectivity index (χ4n) is 2.96. The van der Waals surface area contributed by atoms with Crippen LogP contribution in [-0.4, -0.2) is 18.2 Å². The van der Waals surface area contributed by atoms with Crippen LogP contribution in [0.25, 0.3) is 0 Å². The summed E-state index contributed by atoms with van der Waals surface area (Å²) in [5, 5.41) is 7.01. The van der Waals surface area contributed by atoms with E-state index < -0.39 is 0 Å². The second-order valence-electron chi connectivity index (χ2n) is 6.48. The van der Waals surface area contributed by atoms with Crippen molar-refractivity contribution in [3.8, 4) is 5.75 Å². The average Bonchev–Trinajstić information content (AvgIpc) is 3.43. The van der Waals surface area contributed by atoms with E-state index in [2.05, 4.69) is 10.5 Å². The van der Waals surface area contributed by atoms with E-state index in [0.717, 1.165) is 35.5 Å². The molecule has 1 fully saturated rings. The van der Waals surface area contributed by atoms with E-state index in [1.54, 1.807) is 13.2 Å². The van der Waals surface area contributed by atoms with Crippen molar-refractivity contribution in [2.24, 2.45) is 0 Å². The number of carbonyl (C=O) groups is 1. The van der Waals surface area contributed by atoms with Crippen LogP contribution in [0.3, 0.4) is 0 Å². The standard InChI is InChI=1S/C21H20N2O3/c1-25-17-11-9-16(10-12-17)20(15-5-3-2-4-6-15)22-21(24)18-13-19(26-23-18)14-7-8-14/h2-6,9-14,20H,7-8H2,1H3,(H,22,24). The van der Waals surface area contributed by atoms with E-state index in [4.69, 9.17) is 9.26 Å². The molecule has 5 heteroatoms. The summed E-state index contributed by atoms with van der Waals surface area (Å²) in [7, 11) is 1.63. The summed E-state index contributed by atoms with van der Waals surface area (Å²) < 4.78 is 10.5. The van der Waals surface area contributed by atoms with Gasteiger partial charge in [0.25, 0.3) is 5.91 Å². The van der Waals surface area contributed by atoms with Crippen LogP contribution >= 0.6 is 0 Å². The number of hydrogen-bond donors (Lipinski definition) is 1. The zero-order chi connectivity index (χ0) is 17.9. The molecule has 26 heavy (non-hydrogen) atoms. The summed E-state index contributed by atoms with van der Waals surface area (Å²) in [6, 6.07) is 19.0. The molecule has 1 unspecified atom stereocenters. The number of amides is 1. The van der Waals surface area contributed by atoms with Crippen LogP contribution in [0.15, 0.2) is 65.2 Å². The van der Waals surface area contributed by atoms with E-state index >= 15 is 0 Å². The van der Waals surface area contributed by atoms with Gasteiger partial charge in [0, 0.05) is 12.0 Å². The first kappa shape index (κ1) is 16.4. The highest BCUT2D eigenvalue weighted by Gasteiger charge is 2.29. The third-order valence-electron chi connectivity index (χ3n) is 4.60. The largest absolute Gasteiger partial charge is 0.497 e. The molecule has 1 amide bonds. The van der Waals surface area contributed by atoms with Crippen molar-refractivity contribution in [3.05, 3.63) is 83.2 Å².